The number of carbonyl (C=O) groups excluding carboxylic acids is 2. The highest BCUT2D eigenvalue weighted by molar-refractivity contribution is 6.12. The molecule has 0 saturated heterocycles. The van der Waals surface area contributed by atoms with Crippen LogP contribution in [0.3, 0.4) is 0 Å². The van der Waals surface area contributed by atoms with Crippen LogP contribution >= 0.6 is 0 Å². The van der Waals surface area contributed by atoms with Gasteiger partial charge in [0.15, 0.2) is 11.6 Å². The van der Waals surface area contributed by atoms with Crippen LogP contribution < -0.4 is 0 Å². The van der Waals surface area contributed by atoms with E-state index in [4.69, 9.17) is 0 Å². The Hall–Kier alpha value is -4.06. The maximum Gasteiger partial charge on any atom is 0.207 e. The molecule has 164 valence electrons. The maximum absolute atomic E-state index is 13.0. The van der Waals surface area contributed by atoms with E-state index in [2.05, 4.69) is 38.1 Å². The smallest absolute Gasteiger partial charge is 0.207 e. The standard InChI is InChI=1S/C27H24N4O2/c1-18-14-28-26(29-15-18)12-22-9-21(8-20-6-4-3-5-7-20)10-23(11-22)24(32)13-25(33)27-30-16-19(2)17-31-27/h3-7,9-11,14-17H,8,12-13H2,1-2H3. The van der Waals surface area contributed by atoms with Crippen molar-refractivity contribution in [1.82, 2.24) is 19.9 Å². The molecule has 2 aromatic heterocycles. The van der Waals surface area contributed by atoms with Gasteiger partial charge in [0.2, 0.25) is 5.78 Å². The molecule has 4 rings (SSSR count). The largest absolute Gasteiger partial charge is 0.294 e. The van der Waals surface area contributed by atoms with E-state index in [-0.39, 0.29) is 18.0 Å². The summed E-state index contributed by atoms with van der Waals surface area (Å²) in [6.07, 6.45) is 7.61. The minimum atomic E-state index is -0.392. The van der Waals surface area contributed by atoms with Gasteiger partial charge >= 0.3 is 0 Å². The van der Waals surface area contributed by atoms with Crippen molar-refractivity contribution in [3.05, 3.63) is 118 Å². The Bertz CT molecular complexity index is 1270. The summed E-state index contributed by atoms with van der Waals surface area (Å²) in [6, 6.07) is 15.8. The molecular formula is C27H24N4O2. The summed E-state index contributed by atoms with van der Waals surface area (Å²) in [6.45, 7) is 3.78. The van der Waals surface area contributed by atoms with Gasteiger partial charge in [-0.15, -0.1) is 0 Å². The Balaban J connectivity index is 1.61. The summed E-state index contributed by atoms with van der Waals surface area (Å²) < 4.78 is 0. The van der Waals surface area contributed by atoms with Gasteiger partial charge in [0, 0.05) is 36.8 Å². The zero-order valence-corrected chi connectivity index (χ0v) is 18.7. The molecule has 2 aromatic carbocycles. The number of carbonyl (C=O) groups is 2. The summed E-state index contributed by atoms with van der Waals surface area (Å²) in [5.74, 6) is 0.0877. The van der Waals surface area contributed by atoms with E-state index in [0.717, 1.165) is 27.8 Å². The minimum absolute atomic E-state index is 0.0580. The molecule has 2 heterocycles. The van der Waals surface area contributed by atoms with Gasteiger partial charge in [-0.2, -0.15) is 0 Å². The lowest BCUT2D eigenvalue weighted by atomic mass is 9.95. The van der Waals surface area contributed by atoms with Gasteiger partial charge in [0.05, 0.1) is 6.42 Å². The van der Waals surface area contributed by atoms with Gasteiger partial charge in [0.1, 0.15) is 5.82 Å². The molecule has 0 radical (unpaired) electrons. The summed E-state index contributed by atoms with van der Waals surface area (Å²) in [4.78, 5) is 42.5. The number of aromatic nitrogens is 4. The number of nitrogens with zero attached hydrogens (tertiary/aromatic N) is 4. The van der Waals surface area contributed by atoms with Gasteiger partial charge in [-0.1, -0.05) is 36.4 Å². The zero-order valence-electron chi connectivity index (χ0n) is 18.7. The number of hydrogen-bond donors (Lipinski definition) is 0. The monoisotopic (exact) mass is 436 g/mol. The quantitative estimate of drug-likeness (QED) is 0.298. The lowest BCUT2D eigenvalue weighted by Crippen LogP contribution is -2.12. The molecule has 0 unspecified atom stereocenters. The lowest BCUT2D eigenvalue weighted by molar-refractivity contribution is 0.0888. The molecule has 0 fully saturated rings. The molecule has 6 heteroatoms. The first-order valence-corrected chi connectivity index (χ1v) is 10.8. The van der Waals surface area contributed by atoms with Crippen LogP contribution in [0.25, 0.3) is 0 Å². The summed E-state index contributed by atoms with van der Waals surface area (Å²) >= 11 is 0. The Kier molecular flexibility index (Phi) is 6.74. The summed E-state index contributed by atoms with van der Waals surface area (Å²) in [7, 11) is 0. The van der Waals surface area contributed by atoms with E-state index in [1.165, 1.54) is 0 Å². The minimum Gasteiger partial charge on any atom is -0.294 e. The van der Waals surface area contributed by atoms with E-state index in [9.17, 15) is 9.59 Å². The van der Waals surface area contributed by atoms with Crippen molar-refractivity contribution in [2.24, 2.45) is 0 Å². The van der Waals surface area contributed by atoms with E-state index >= 15 is 0 Å². The second-order valence-electron chi connectivity index (χ2n) is 8.16. The van der Waals surface area contributed by atoms with Gasteiger partial charge in [-0.05, 0) is 60.2 Å². The molecule has 0 aliphatic heterocycles. The number of aryl methyl sites for hydroxylation is 2. The van der Waals surface area contributed by atoms with Crippen molar-refractivity contribution in [3.8, 4) is 0 Å². The molecule has 0 aliphatic carbocycles. The predicted octanol–water partition coefficient (Wildman–Crippen LogP) is 4.52. The van der Waals surface area contributed by atoms with E-state index in [1.807, 2.05) is 44.2 Å². The molecule has 0 amide bonds. The van der Waals surface area contributed by atoms with Crippen LogP contribution in [0.15, 0.2) is 73.3 Å². The summed E-state index contributed by atoms with van der Waals surface area (Å²) in [5, 5.41) is 0. The topological polar surface area (TPSA) is 85.7 Å². The molecule has 33 heavy (non-hydrogen) atoms. The molecule has 0 aliphatic rings. The van der Waals surface area contributed by atoms with Crippen molar-refractivity contribution in [2.75, 3.05) is 0 Å². The van der Waals surface area contributed by atoms with Gasteiger partial charge in [-0.3, -0.25) is 9.59 Å². The molecule has 4 aromatic rings. The van der Waals surface area contributed by atoms with Gasteiger partial charge in [0.25, 0.3) is 0 Å². The highest BCUT2D eigenvalue weighted by Gasteiger charge is 2.17. The van der Waals surface area contributed by atoms with Crippen LogP contribution in [0, 0.1) is 13.8 Å². The average molecular weight is 437 g/mol. The highest BCUT2D eigenvalue weighted by atomic mass is 16.1. The number of ketones is 2. The molecule has 0 bridgehead atoms. The first kappa shape index (κ1) is 22.1. The Labute approximate surface area is 192 Å². The van der Waals surface area contributed by atoms with E-state index in [1.54, 1.807) is 24.8 Å². The maximum atomic E-state index is 13.0. The van der Waals surface area contributed by atoms with Crippen LogP contribution in [0.2, 0.25) is 0 Å². The zero-order chi connectivity index (χ0) is 23.2. The summed E-state index contributed by atoms with van der Waals surface area (Å²) in [5.41, 5.74) is 5.40. The third-order valence-electron chi connectivity index (χ3n) is 5.17. The number of rotatable bonds is 8. The second kappa shape index (κ2) is 10.0. The Morgan fingerprint density at radius 1 is 0.667 bits per heavy atom. The number of hydrogen-bond acceptors (Lipinski definition) is 6. The fourth-order valence-electron chi connectivity index (χ4n) is 3.52. The normalized spacial score (nSPS) is 10.7. The van der Waals surface area contributed by atoms with Crippen LogP contribution in [0.5, 0.6) is 0 Å². The number of Topliss-reactive ketones (excluding diaryl/α,β-unsaturated/α-hetero) is 2. The molecular weight excluding hydrogens is 412 g/mol. The molecule has 0 spiro atoms. The van der Waals surface area contributed by atoms with E-state index < -0.39 is 5.78 Å². The molecule has 6 nitrogen and oxygen atoms in total. The van der Waals surface area contributed by atoms with Gasteiger partial charge in [-0.25, -0.2) is 19.9 Å². The van der Waals surface area contributed by atoms with Gasteiger partial charge < -0.3 is 0 Å². The fraction of sp³-hybridized carbons (Fsp3) is 0.185. The predicted molar refractivity (Wildman–Crippen MR) is 125 cm³/mol. The molecule has 0 saturated carbocycles. The van der Waals surface area contributed by atoms with Crippen molar-refractivity contribution >= 4 is 11.6 Å². The first-order chi connectivity index (χ1) is 16.0. The lowest BCUT2D eigenvalue weighted by Gasteiger charge is -2.10. The first-order valence-electron chi connectivity index (χ1n) is 10.8. The third-order valence-corrected chi connectivity index (χ3v) is 5.17. The molecule has 0 atom stereocenters. The molecule has 0 N–H and O–H groups in total. The number of benzene rings is 2. The van der Waals surface area contributed by atoms with Crippen molar-refractivity contribution < 1.29 is 9.59 Å². The SMILES string of the molecule is Cc1cnc(Cc2cc(Cc3ccccc3)cc(C(=O)CC(=O)c3ncc(C)cn3)c2)nc1. The van der Waals surface area contributed by atoms with Crippen molar-refractivity contribution in [3.63, 3.8) is 0 Å². The highest BCUT2D eigenvalue weighted by Crippen LogP contribution is 2.19. The Morgan fingerprint density at radius 2 is 1.24 bits per heavy atom. The van der Waals surface area contributed by atoms with Crippen LogP contribution in [0.1, 0.15) is 61.0 Å². The van der Waals surface area contributed by atoms with Crippen LogP contribution in [-0.2, 0) is 12.8 Å². The van der Waals surface area contributed by atoms with E-state index in [0.29, 0.717) is 24.2 Å². The second-order valence-corrected chi connectivity index (χ2v) is 8.16. The van der Waals surface area contributed by atoms with Crippen molar-refractivity contribution in [2.45, 2.75) is 33.1 Å². The fourth-order valence-corrected chi connectivity index (χ4v) is 3.52. The van der Waals surface area contributed by atoms with Crippen LogP contribution in [0.4, 0.5) is 0 Å². The Morgan fingerprint density at radius 3 is 1.88 bits per heavy atom. The van der Waals surface area contributed by atoms with Crippen molar-refractivity contribution in [1.29, 1.82) is 0 Å². The third kappa shape index (κ3) is 6.01. The van der Waals surface area contributed by atoms with Crippen LogP contribution in [-0.4, -0.2) is 31.5 Å². The average Bonchev–Trinajstić information content (AvgIpc) is 2.81.